The fourth-order valence-corrected chi connectivity index (χ4v) is 1.32. The lowest BCUT2D eigenvalue weighted by Gasteiger charge is -1.95. The standard InChI is InChI=1S/C9H14N6/c10-4-1-3-8-12-9(14-13-8)7-15-6-2-5-11-15/h2,5-6H,1,3-4,7,10H2,(H,12,13,14). The summed E-state index contributed by atoms with van der Waals surface area (Å²) >= 11 is 0. The van der Waals surface area contributed by atoms with Crippen LogP contribution in [-0.2, 0) is 13.0 Å². The molecular weight excluding hydrogens is 192 g/mol. The molecular formula is C9H14N6. The van der Waals surface area contributed by atoms with Gasteiger partial charge in [0.15, 0.2) is 5.82 Å². The molecule has 0 atom stereocenters. The Kier molecular flexibility index (Phi) is 3.08. The van der Waals surface area contributed by atoms with Crippen molar-refractivity contribution in [2.24, 2.45) is 5.73 Å². The van der Waals surface area contributed by atoms with E-state index in [9.17, 15) is 0 Å². The normalized spacial score (nSPS) is 10.7. The summed E-state index contributed by atoms with van der Waals surface area (Å²) in [6, 6.07) is 1.88. The summed E-state index contributed by atoms with van der Waals surface area (Å²) in [5.74, 6) is 1.65. The van der Waals surface area contributed by atoms with Gasteiger partial charge in [0.1, 0.15) is 12.4 Å². The average Bonchev–Trinajstić information content (AvgIpc) is 2.87. The van der Waals surface area contributed by atoms with Gasteiger partial charge in [0.25, 0.3) is 0 Å². The van der Waals surface area contributed by atoms with Gasteiger partial charge in [-0.3, -0.25) is 9.78 Å². The molecule has 3 N–H and O–H groups in total. The maximum absolute atomic E-state index is 5.41. The topological polar surface area (TPSA) is 85.4 Å². The van der Waals surface area contributed by atoms with Crippen LogP contribution < -0.4 is 5.73 Å². The van der Waals surface area contributed by atoms with Crippen LogP contribution in [0.1, 0.15) is 18.1 Å². The molecule has 6 heteroatoms. The van der Waals surface area contributed by atoms with E-state index in [1.54, 1.807) is 10.9 Å². The Balaban J connectivity index is 1.95. The van der Waals surface area contributed by atoms with E-state index in [0.717, 1.165) is 24.5 Å². The number of aryl methyl sites for hydroxylation is 1. The predicted molar refractivity (Wildman–Crippen MR) is 55.1 cm³/mol. The summed E-state index contributed by atoms with van der Waals surface area (Å²) in [6.07, 6.45) is 5.37. The van der Waals surface area contributed by atoms with Gasteiger partial charge in [0.05, 0.1) is 0 Å². The number of nitrogens with zero attached hydrogens (tertiary/aromatic N) is 4. The second-order valence-corrected chi connectivity index (χ2v) is 3.29. The van der Waals surface area contributed by atoms with E-state index < -0.39 is 0 Å². The van der Waals surface area contributed by atoms with Gasteiger partial charge in [-0.1, -0.05) is 0 Å². The summed E-state index contributed by atoms with van der Waals surface area (Å²) in [4.78, 5) is 4.34. The Hall–Kier alpha value is -1.69. The highest BCUT2D eigenvalue weighted by Crippen LogP contribution is 1.98. The lowest BCUT2D eigenvalue weighted by Crippen LogP contribution is -2.02. The number of nitrogens with one attached hydrogen (secondary N) is 1. The van der Waals surface area contributed by atoms with Crippen molar-refractivity contribution >= 4 is 0 Å². The third kappa shape index (κ3) is 2.63. The fraction of sp³-hybridized carbons (Fsp3) is 0.444. The van der Waals surface area contributed by atoms with Crippen LogP contribution >= 0.6 is 0 Å². The molecule has 15 heavy (non-hydrogen) atoms. The third-order valence-electron chi connectivity index (χ3n) is 2.05. The van der Waals surface area contributed by atoms with Crippen LogP contribution in [0.25, 0.3) is 0 Å². The largest absolute Gasteiger partial charge is 0.330 e. The molecule has 0 saturated carbocycles. The second kappa shape index (κ2) is 4.70. The molecule has 0 unspecified atom stereocenters. The molecule has 2 aromatic heterocycles. The summed E-state index contributed by atoms with van der Waals surface area (Å²) in [7, 11) is 0. The monoisotopic (exact) mass is 206 g/mol. The molecule has 0 bridgehead atoms. The van der Waals surface area contributed by atoms with E-state index in [2.05, 4.69) is 20.3 Å². The first kappa shape index (κ1) is 9.85. The molecule has 2 rings (SSSR count). The van der Waals surface area contributed by atoms with Crippen LogP contribution in [0, 0.1) is 0 Å². The summed E-state index contributed by atoms with van der Waals surface area (Å²) in [5.41, 5.74) is 5.41. The minimum absolute atomic E-state index is 0.628. The third-order valence-corrected chi connectivity index (χ3v) is 2.05. The van der Waals surface area contributed by atoms with Crippen molar-refractivity contribution in [2.45, 2.75) is 19.4 Å². The van der Waals surface area contributed by atoms with Crippen LogP contribution in [0.4, 0.5) is 0 Å². The van der Waals surface area contributed by atoms with Crippen molar-refractivity contribution in [3.63, 3.8) is 0 Å². The molecule has 0 aliphatic heterocycles. The molecule has 0 aliphatic rings. The Morgan fingerprint density at radius 1 is 1.47 bits per heavy atom. The van der Waals surface area contributed by atoms with Crippen LogP contribution in [0.5, 0.6) is 0 Å². The van der Waals surface area contributed by atoms with Gasteiger partial charge < -0.3 is 5.73 Å². The smallest absolute Gasteiger partial charge is 0.150 e. The number of aromatic amines is 1. The number of H-pyrrole nitrogens is 1. The second-order valence-electron chi connectivity index (χ2n) is 3.29. The van der Waals surface area contributed by atoms with E-state index >= 15 is 0 Å². The maximum Gasteiger partial charge on any atom is 0.150 e. The zero-order valence-electron chi connectivity index (χ0n) is 8.43. The van der Waals surface area contributed by atoms with Gasteiger partial charge in [0, 0.05) is 18.8 Å². The van der Waals surface area contributed by atoms with E-state index in [1.807, 2.05) is 12.3 Å². The minimum atomic E-state index is 0.628. The molecule has 80 valence electrons. The van der Waals surface area contributed by atoms with Crippen molar-refractivity contribution in [1.29, 1.82) is 0 Å². The maximum atomic E-state index is 5.41. The van der Waals surface area contributed by atoms with Crippen molar-refractivity contribution in [3.05, 3.63) is 30.1 Å². The quantitative estimate of drug-likeness (QED) is 0.717. The van der Waals surface area contributed by atoms with Crippen LogP contribution in [0.3, 0.4) is 0 Å². The molecule has 2 heterocycles. The zero-order chi connectivity index (χ0) is 10.5. The number of hydrogen-bond donors (Lipinski definition) is 2. The van der Waals surface area contributed by atoms with Gasteiger partial charge in [-0.15, -0.1) is 0 Å². The van der Waals surface area contributed by atoms with Gasteiger partial charge in [0.2, 0.25) is 0 Å². The number of nitrogens with two attached hydrogens (primary N) is 1. The molecule has 2 aromatic rings. The summed E-state index contributed by atoms with van der Waals surface area (Å²) in [5, 5.41) is 11.1. The fourth-order valence-electron chi connectivity index (χ4n) is 1.32. The molecule has 0 amide bonds. The van der Waals surface area contributed by atoms with Crippen molar-refractivity contribution in [1.82, 2.24) is 25.0 Å². The first-order chi connectivity index (χ1) is 7.38. The summed E-state index contributed by atoms with van der Waals surface area (Å²) < 4.78 is 1.80. The number of aromatic nitrogens is 5. The van der Waals surface area contributed by atoms with Gasteiger partial charge in [-0.25, -0.2) is 4.98 Å². The Morgan fingerprint density at radius 2 is 2.40 bits per heavy atom. The molecule has 0 spiro atoms. The lowest BCUT2D eigenvalue weighted by molar-refractivity contribution is 0.657. The van der Waals surface area contributed by atoms with E-state index in [1.165, 1.54) is 0 Å². The van der Waals surface area contributed by atoms with E-state index in [-0.39, 0.29) is 0 Å². The van der Waals surface area contributed by atoms with E-state index in [0.29, 0.717) is 13.1 Å². The van der Waals surface area contributed by atoms with Crippen molar-refractivity contribution < 1.29 is 0 Å². The zero-order valence-corrected chi connectivity index (χ0v) is 8.43. The predicted octanol–water partition coefficient (Wildman–Crippen LogP) is -0.0592. The first-order valence-electron chi connectivity index (χ1n) is 4.96. The molecule has 0 aliphatic carbocycles. The van der Waals surface area contributed by atoms with Crippen molar-refractivity contribution in [3.8, 4) is 0 Å². The summed E-state index contributed by atoms with van der Waals surface area (Å²) in [6.45, 7) is 1.30. The molecule has 0 radical (unpaired) electrons. The number of rotatable bonds is 5. The highest BCUT2D eigenvalue weighted by Gasteiger charge is 2.03. The SMILES string of the molecule is NCCCc1n[nH]c(Cn2cccn2)n1. The Bertz CT molecular complexity index is 390. The highest BCUT2D eigenvalue weighted by molar-refractivity contribution is 4.92. The molecule has 0 aromatic carbocycles. The van der Waals surface area contributed by atoms with Crippen LogP contribution in [0.2, 0.25) is 0 Å². The highest BCUT2D eigenvalue weighted by atomic mass is 15.3. The van der Waals surface area contributed by atoms with Crippen molar-refractivity contribution in [2.75, 3.05) is 6.54 Å². The average molecular weight is 206 g/mol. The first-order valence-corrected chi connectivity index (χ1v) is 4.96. The van der Waals surface area contributed by atoms with Gasteiger partial charge >= 0.3 is 0 Å². The lowest BCUT2D eigenvalue weighted by atomic mass is 10.3. The Morgan fingerprint density at radius 3 is 3.13 bits per heavy atom. The number of hydrogen-bond acceptors (Lipinski definition) is 4. The van der Waals surface area contributed by atoms with Gasteiger partial charge in [-0.2, -0.15) is 10.2 Å². The minimum Gasteiger partial charge on any atom is -0.330 e. The molecule has 6 nitrogen and oxygen atoms in total. The molecule has 0 saturated heterocycles. The van der Waals surface area contributed by atoms with Crippen LogP contribution in [0.15, 0.2) is 18.5 Å². The molecule has 0 fully saturated rings. The van der Waals surface area contributed by atoms with Crippen LogP contribution in [-0.4, -0.2) is 31.5 Å². The van der Waals surface area contributed by atoms with Gasteiger partial charge in [-0.05, 0) is 19.0 Å². The Labute approximate surface area is 87.5 Å². The van der Waals surface area contributed by atoms with E-state index in [4.69, 9.17) is 5.73 Å².